The van der Waals surface area contributed by atoms with Gasteiger partial charge in [0.15, 0.2) is 5.82 Å². The van der Waals surface area contributed by atoms with Crippen LogP contribution in [0.25, 0.3) is 10.8 Å². The minimum absolute atomic E-state index is 0.229. The maximum absolute atomic E-state index is 13.0. The number of benzene rings is 2. The van der Waals surface area contributed by atoms with Crippen LogP contribution in [0.1, 0.15) is 18.2 Å². The van der Waals surface area contributed by atoms with Crippen LogP contribution in [-0.4, -0.2) is 34.4 Å². The number of urea groups is 1. The molecule has 1 aliphatic rings. The van der Waals surface area contributed by atoms with Gasteiger partial charge in [0.25, 0.3) is 5.91 Å². The van der Waals surface area contributed by atoms with Crippen molar-refractivity contribution in [3.63, 3.8) is 0 Å². The third-order valence-electron chi connectivity index (χ3n) is 4.80. The van der Waals surface area contributed by atoms with E-state index in [-0.39, 0.29) is 5.82 Å². The summed E-state index contributed by atoms with van der Waals surface area (Å²) in [5, 5.41) is 10.9. The summed E-state index contributed by atoms with van der Waals surface area (Å²) in [6, 6.07) is 14.3. The molecule has 1 aromatic heterocycles. The zero-order valence-corrected chi connectivity index (χ0v) is 15.4. The number of hydrogen-bond acceptors (Lipinski definition) is 5. The monoisotopic (exact) mass is 378 g/mol. The van der Waals surface area contributed by atoms with Gasteiger partial charge in [0.2, 0.25) is 5.91 Å². The van der Waals surface area contributed by atoms with Crippen LogP contribution < -0.4 is 10.6 Å². The second-order valence-corrected chi connectivity index (χ2v) is 6.88. The molecule has 0 bridgehead atoms. The highest BCUT2D eigenvalue weighted by Crippen LogP contribution is 2.31. The first-order chi connectivity index (χ1) is 13.4. The molecule has 2 N–H and O–H groups in total. The van der Waals surface area contributed by atoms with Gasteiger partial charge in [-0.3, -0.25) is 14.5 Å². The van der Waals surface area contributed by atoms with Crippen LogP contribution in [-0.2, 0) is 15.1 Å². The highest BCUT2D eigenvalue weighted by atomic mass is 16.5. The van der Waals surface area contributed by atoms with Crippen molar-refractivity contribution in [2.24, 2.45) is 0 Å². The molecule has 3 aromatic rings. The fourth-order valence-electron chi connectivity index (χ4n) is 3.29. The molecule has 0 aliphatic carbocycles. The third kappa shape index (κ3) is 2.98. The molecule has 0 radical (unpaired) electrons. The minimum atomic E-state index is -1.24. The summed E-state index contributed by atoms with van der Waals surface area (Å²) in [4.78, 5) is 38.5. The zero-order chi connectivity index (χ0) is 19.9. The van der Waals surface area contributed by atoms with Crippen molar-refractivity contribution in [1.29, 1.82) is 0 Å². The Hall–Kier alpha value is -3.68. The maximum atomic E-state index is 13.0. The predicted octanol–water partition coefficient (Wildman–Crippen LogP) is 2.54. The number of nitrogens with zero attached hydrogens (tertiary/aromatic N) is 2. The molecule has 0 saturated carbocycles. The Kier molecular flexibility index (Phi) is 4.11. The van der Waals surface area contributed by atoms with Crippen LogP contribution in [0.4, 0.5) is 10.6 Å². The first-order valence-electron chi connectivity index (χ1n) is 8.73. The Morgan fingerprint density at radius 3 is 2.64 bits per heavy atom. The van der Waals surface area contributed by atoms with Gasteiger partial charge in [-0.25, -0.2) is 4.79 Å². The number of aromatic nitrogens is 1. The van der Waals surface area contributed by atoms with Gasteiger partial charge in [-0.1, -0.05) is 41.6 Å². The summed E-state index contributed by atoms with van der Waals surface area (Å²) >= 11 is 0. The van der Waals surface area contributed by atoms with Gasteiger partial charge in [-0.2, -0.15) is 0 Å². The lowest BCUT2D eigenvalue weighted by molar-refractivity contribution is -0.133. The number of carbonyl (C=O) groups excluding carboxylic acids is 3. The summed E-state index contributed by atoms with van der Waals surface area (Å²) in [6.45, 7) is 2.91. The van der Waals surface area contributed by atoms with Crippen molar-refractivity contribution < 1.29 is 18.9 Å². The second-order valence-electron chi connectivity index (χ2n) is 6.88. The van der Waals surface area contributed by atoms with Gasteiger partial charge in [0, 0.05) is 6.07 Å². The van der Waals surface area contributed by atoms with Gasteiger partial charge in [-0.15, -0.1) is 0 Å². The van der Waals surface area contributed by atoms with E-state index in [9.17, 15) is 14.4 Å². The van der Waals surface area contributed by atoms with Crippen LogP contribution >= 0.6 is 0 Å². The minimum Gasteiger partial charge on any atom is -0.360 e. The van der Waals surface area contributed by atoms with E-state index >= 15 is 0 Å². The number of anilines is 1. The van der Waals surface area contributed by atoms with E-state index in [1.807, 2.05) is 42.5 Å². The fourth-order valence-corrected chi connectivity index (χ4v) is 3.29. The van der Waals surface area contributed by atoms with E-state index in [1.165, 1.54) is 0 Å². The number of amides is 4. The Morgan fingerprint density at radius 1 is 1.18 bits per heavy atom. The van der Waals surface area contributed by atoms with Crippen molar-refractivity contribution in [3.05, 3.63) is 59.9 Å². The number of carbonyl (C=O) groups is 3. The average Bonchev–Trinajstić information content (AvgIpc) is 3.17. The summed E-state index contributed by atoms with van der Waals surface area (Å²) in [7, 11) is 0. The Balaban J connectivity index is 1.55. The molecule has 142 valence electrons. The molecule has 0 spiro atoms. The first-order valence-corrected chi connectivity index (χ1v) is 8.73. The zero-order valence-electron chi connectivity index (χ0n) is 15.4. The summed E-state index contributed by atoms with van der Waals surface area (Å²) in [6.07, 6.45) is 0. The molecular weight excluding hydrogens is 360 g/mol. The fraction of sp³-hybridized carbons (Fsp3) is 0.200. The quantitative estimate of drug-likeness (QED) is 0.679. The largest absolute Gasteiger partial charge is 0.360 e. The standard InChI is InChI=1S/C20H18N4O4/c1-12-9-16(23-28-12)21-17(25)11-24-18(26)20(2,22-19(24)27)15-8-7-13-5-3-4-6-14(13)10-15/h3-10H,11H2,1-2H3,(H,22,27)(H,21,23,25). The predicted molar refractivity (Wildman–Crippen MR) is 101 cm³/mol. The number of aryl methyl sites for hydroxylation is 1. The molecule has 4 rings (SSSR count). The summed E-state index contributed by atoms with van der Waals surface area (Å²) in [5.74, 6) is -0.264. The van der Waals surface area contributed by atoms with Gasteiger partial charge >= 0.3 is 6.03 Å². The second kappa shape index (κ2) is 6.49. The van der Waals surface area contributed by atoms with Crippen LogP contribution in [0.15, 0.2) is 53.1 Å². The van der Waals surface area contributed by atoms with Gasteiger partial charge < -0.3 is 15.2 Å². The molecule has 4 amide bonds. The van der Waals surface area contributed by atoms with E-state index in [2.05, 4.69) is 15.8 Å². The molecule has 28 heavy (non-hydrogen) atoms. The molecule has 1 aliphatic heterocycles. The van der Waals surface area contributed by atoms with Crippen molar-refractivity contribution in [1.82, 2.24) is 15.4 Å². The number of hydrogen-bond donors (Lipinski definition) is 2. The molecule has 1 saturated heterocycles. The van der Waals surface area contributed by atoms with Crippen molar-refractivity contribution in [3.8, 4) is 0 Å². The normalized spacial score (nSPS) is 19.1. The lowest BCUT2D eigenvalue weighted by Crippen LogP contribution is -2.42. The van der Waals surface area contributed by atoms with Gasteiger partial charge in [0.05, 0.1) is 0 Å². The smallest absolute Gasteiger partial charge is 0.325 e. The SMILES string of the molecule is Cc1cc(NC(=O)CN2C(=O)NC(C)(c3ccc4ccccc4c3)C2=O)no1. The topological polar surface area (TPSA) is 105 Å². The number of nitrogens with one attached hydrogen (secondary N) is 2. The molecule has 1 fully saturated rings. The number of rotatable bonds is 4. The highest BCUT2D eigenvalue weighted by Gasteiger charge is 2.49. The molecular formula is C20H18N4O4. The molecule has 2 aromatic carbocycles. The van der Waals surface area contributed by atoms with Crippen LogP contribution in [0.2, 0.25) is 0 Å². The van der Waals surface area contributed by atoms with Crippen LogP contribution in [0, 0.1) is 6.92 Å². The van der Waals surface area contributed by atoms with E-state index < -0.39 is 29.9 Å². The highest BCUT2D eigenvalue weighted by molar-refractivity contribution is 6.10. The summed E-state index contributed by atoms with van der Waals surface area (Å²) < 4.78 is 4.88. The first kappa shape index (κ1) is 17.7. The van der Waals surface area contributed by atoms with Crippen molar-refractivity contribution in [2.75, 3.05) is 11.9 Å². The van der Waals surface area contributed by atoms with Gasteiger partial charge in [-0.05, 0) is 36.2 Å². The Labute approximate surface area is 160 Å². The van der Waals surface area contributed by atoms with E-state index in [0.717, 1.165) is 15.7 Å². The van der Waals surface area contributed by atoms with Crippen LogP contribution in [0.3, 0.4) is 0 Å². The number of fused-ring (bicyclic) bond motifs is 1. The third-order valence-corrected chi connectivity index (χ3v) is 4.80. The molecule has 1 unspecified atom stereocenters. The Bertz CT molecular complexity index is 1110. The maximum Gasteiger partial charge on any atom is 0.325 e. The van der Waals surface area contributed by atoms with E-state index in [4.69, 9.17) is 4.52 Å². The Morgan fingerprint density at radius 2 is 1.93 bits per heavy atom. The number of imide groups is 1. The van der Waals surface area contributed by atoms with Crippen molar-refractivity contribution in [2.45, 2.75) is 19.4 Å². The lowest BCUT2D eigenvalue weighted by atomic mass is 9.90. The van der Waals surface area contributed by atoms with E-state index in [0.29, 0.717) is 11.3 Å². The van der Waals surface area contributed by atoms with Crippen LogP contribution in [0.5, 0.6) is 0 Å². The van der Waals surface area contributed by atoms with Crippen molar-refractivity contribution >= 4 is 34.4 Å². The van der Waals surface area contributed by atoms with Gasteiger partial charge in [0.1, 0.15) is 17.8 Å². The molecule has 8 heteroatoms. The molecule has 2 heterocycles. The summed E-state index contributed by atoms with van der Waals surface area (Å²) in [5.41, 5.74) is -0.592. The molecule has 8 nitrogen and oxygen atoms in total. The lowest BCUT2D eigenvalue weighted by Gasteiger charge is -2.22. The average molecular weight is 378 g/mol. The molecule has 1 atom stereocenters. The van der Waals surface area contributed by atoms with E-state index in [1.54, 1.807) is 19.9 Å².